The van der Waals surface area contributed by atoms with Gasteiger partial charge in [0, 0.05) is 69.9 Å². The lowest BCUT2D eigenvalue weighted by Gasteiger charge is -2.27. The highest BCUT2D eigenvalue weighted by atomic mass is 35.5. The summed E-state index contributed by atoms with van der Waals surface area (Å²) in [6.45, 7) is 1.04. The highest BCUT2D eigenvalue weighted by Gasteiger charge is 2.49. The van der Waals surface area contributed by atoms with Crippen LogP contribution in [-0.2, 0) is 36.0 Å². The molecule has 0 saturated heterocycles. The highest BCUT2D eigenvalue weighted by Crippen LogP contribution is 2.32. The number of nitrogens with zero attached hydrogens (tertiary/aromatic N) is 4. The molecule has 63 heavy (non-hydrogen) atoms. The fourth-order valence-corrected chi connectivity index (χ4v) is 7.03. The summed E-state index contributed by atoms with van der Waals surface area (Å²) in [6, 6.07) is 24.2. The zero-order valence-corrected chi connectivity index (χ0v) is 34.7. The summed E-state index contributed by atoms with van der Waals surface area (Å²) >= 11 is 11.8. The van der Waals surface area contributed by atoms with Crippen LogP contribution >= 0.6 is 23.2 Å². The molecule has 0 spiro atoms. The smallest absolute Gasteiger partial charge is 0.423 e. The molecule has 6 N–H and O–H groups in total. The van der Waals surface area contributed by atoms with Crippen molar-refractivity contribution in [2.45, 2.75) is 31.4 Å². The quantitative estimate of drug-likeness (QED) is 0.0447. The minimum atomic E-state index is -5.86. The average molecular weight is 936 g/mol. The summed E-state index contributed by atoms with van der Waals surface area (Å²) in [5.41, 5.74) is -0.604. The number of aromatic amines is 2. The van der Waals surface area contributed by atoms with Gasteiger partial charge in [-0.3, -0.25) is 10.2 Å². The summed E-state index contributed by atoms with van der Waals surface area (Å²) in [6.07, 6.45) is 0.904. The standard InChI is InChI=1S/C19H16ClFN4O.C14H12ClF3N4O4S.C6H6BFO2/c20-13-4-2-6-15(10-13)22-19(26)25-8-7-17-16(11-25)18(24-23-17)12-3-1-5-14(21)9-12;15-8-2-1-3-9(6-8)19-13(23)22-5-4-11-10(7-22)12(21-20-11)26-27(24,25)14(16,17)18;8-6-3-1-2-5(4-6)7(9)10/h1-6,9-10H,7-8,11H2,(H,22,26)(H,23,24);1-3,6H,4-5,7H2,(H,19,23)(H,20,21);1-4,9-10H. The van der Waals surface area contributed by atoms with Gasteiger partial charge in [-0.15, -0.1) is 5.10 Å². The Labute approximate surface area is 366 Å². The van der Waals surface area contributed by atoms with Crippen LogP contribution in [0.2, 0.25) is 10.0 Å². The number of fused-ring (bicyclic) bond motifs is 2. The molecule has 0 aliphatic carbocycles. The van der Waals surface area contributed by atoms with Crippen LogP contribution in [0.1, 0.15) is 22.5 Å². The van der Waals surface area contributed by atoms with Gasteiger partial charge in [0.1, 0.15) is 11.6 Å². The van der Waals surface area contributed by atoms with E-state index in [1.807, 2.05) is 6.07 Å². The molecule has 0 saturated carbocycles. The maximum Gasteiger partial charge on any atom is 0.534 e. The number of aromatic nitrogens is 4. The van der Waals surface area contributed by atoms with Gasteiger partial charge < -0.3 is 34.7 Å². The van der Waals surface area contributed by atoms with E-state index in [4.69, 9.17) is 33.2 Å². The molecule has 2 aliphatic rings. The van der Waals surface area contributed by atoms with Gasteiger partial charge in [-0.1, -0.05) is 59.6 Å². The molecule has 0 bridgehead atoms. The first kappa shape index (κ1) is 46.3. The third-order valence-electron chi connectivity index (χ3n) is 9.27. The fourth-order valence-electron chi connectivity index (χ4n) is 6.21. The van der Waals surface area contributed by atoms with Crippen molar-refractivity contribution in [1.82, 2.24) is 30.2 Å². The topological polar surface area (TPSA) is 206 Å². The lowest BCUT2D eigenvalue weighted by atomic mass is 9.80. The van der Waals surface area contributed by atoms with Crippen molar-refractivity contribution in [2.24, 2.45) is 0 Å². The number of alkyl halides is 3. The van der Waals surface area contributed by atoms with Crippen LogP contribution in [0.15, 0.2) is 97.1 Å². The number of hydrogen-bond acceptors (Lipinski definition) is 9. The number of anilines is 2. The van der Waals surface area contributed by atoms with E-state index in [-0.39, 0.29) is 42.4 Å². The second-order valence-electron chi connectivity index (χ2n) is 13.7. The zero-order valence-electron chi connectivity index (χ0n) is 32.3. The molecule has 330 valence electrons. The van der Waals surface area contributed by atoms with Gasteiger partial charge in [0.2, 0.25) is 0 Å². The van der Waals surface area contributed by atoms with Gasteiger partial charge in [0.25, 0.3) is 5.88 Å². The largest absolute Gasteiger partial charge is 0.534 e. The Hall–Kier alpha value is -6.20. The second-order valence-corrected chi connectivity index (χ2v) is 16.1. The minimum absolute atomic E-state index is 0.0651. The number of H-pyrrole nitrogens is 2. The summed E-state index contributed by atoms with van der Waals surface area (Å²) in [5, 5.41) is 36.8. The molecule has 0 unspecified atom stereocenters. The zero-order chi connectivity index (χ0) is 45.5. The minimum Gasteiger partial charge on any atom is -0.423 e. The molecular weight excluding hydrogens is 901 g/mol. The van der Waals surface area contributed by atoms with E-state index >= 15 is 0 Å². The van der Waals surface area contributed by atoms with Crippen LogP contribution in [0.25, 0.3) is 11.3 Å². The van der Waals surface area contributed by atoms with Crippen molar-refractivity contribution < 1.29 is 54.2 Å². The molecule has 0 atom stereocenters. The van der Waals surface area contributed by atoms with E-state index in [9.17, 15) is 40.0 Å². The van der Waals surface area contributed by atoms with Gasteiger partial charge in [-0.2, -0.15) is 26.7 Å². The van der Waals surface area contributed by atoms with Gasteiger partial charge >= 0.3 is 34.8 Å². The SMILES string of the molecule is O=C(Nc1cccc(Cl)c1)N1CCc2[nH]nc(-c3cccc(F)c3)c2C1.O=C(Nc1cccc(Cl)c1)N1CCc2[nH]nc(OS(=O)(=O)C(F)(F)F)c2C1.OB(O)c1cccc(F)c1. The Morgan fingerprint density at radius 1 is 0.730 bits per heavy atom. The number of hydrogen-bond donors (Lipinski definition) is 6. The molecule has 8 rings (SSSR count). The van der Waals surface area contributed by atoms with E-state index in [2.05, 4.69) is 35.2 Å². The number of rotatable bonds is 6. The van der Waals surface area contributed by atoms with Crippen LogP contribution < -0.4 is 20.3 Å². The number of benzene rings is 4. The number of urea groups is 2. The van der Waals surface area contributed by atoms with Gasteiger partial charge in [0.05, 0.1) is 24.3 Å². The van der Waals surface area contributed by atoms with Crippen molar-refractivity contribution in [3.8, 4) is 17.1 Å². The van der Waals surface area contributed by atoms with Crippen molar-refractivity contribution in [3.63, 3.8) is 0 Å². The first-order chi connectivity index (χ1) is 29.9. The third-order valence-corrected chi connectivity index (χ3v) is 10.7. The normalized spacial score (nSPS) is 13.3. The molecule has 0 radical (unpaired) electrons. The Balaban J connectivity index is 0.000000173. The highest BCUT2D eigenvalue weighted by molar-refractivity contribution is 7.88. The van der Waals surface area contributed by atoms with Crippen molar-refractivity contribution in [3.05, 3.63) is 141 Å². The molecule has 6 aromatic rings. The Bertz CT molecular complexity index is 2710. The lowest BCUT2D eigenvalue weighted by Crippen LogP contribution is -2.39. The molecule has 15 nitrogen and oxygen atoms in total. The molecule has 2 aromatic heterocycles. The Morgan fingerprint density at radius 2 is 1.24 bits per heavy atom. The molecule has 0 fully saturated rings. The first-order valence-corrected chi connectivity index (χ1v) is 20.7. The van der Waals surface area contributed by atoms with E-state index < -0.39 is 40.5 Å². The van der Waals surface area contributed by atoms with Gasteiger partial charge in [-0.25, -0.2) is 18.4 Å². The van der Waals surface area contributed by atoms with E-state index in [0.29, 0.717) is 57.9 Å². The molecule has 4 aromatic carbocycles. The van der Waals surface area contributed by atoms with Gasteiger partial charge in [0.15, 0.2) is 0 Å². The van der Waals surface area contributed by atoms with Gasteiger partial charge in [-0.05, 0) is 66.1 Å². The molecule has 24 heteroatoms. The number of carbonyl (C=O) groups is 2. The van der Waals surface area contributed by atoms with Crippen LogP contribution in [0.5, 0.6) is 5.88 Å². The van der Waals surface area contributed by atoms with E-state index in [1.54, 1.807) is 53.4 Å². The van der Waals surface area contributed by atoms with Crippen molar-refractivity contribution in [2.75, 3.05) is 23.7 Å². The number of amides is 4. The summed E-state index contributed by atoms with van der Waals surface area (Å²) in [7, 11) is -7.45. The third kappa shape index (κ3) is 12.0. The van der Waals surface area contributed by atoms with E-state index in [1.165, 1.54) is 41.3 Å². The van der Waals surface area contributed by atoms with Crippen LogP contribution in [0.4, 0.5) is 42.9 Å². The monoisotopic (exact) mass is 934 g/mol. The number of halogens is 7. The average Bonchev–Trinajstić information content (AvgIpc) is 3.84. The lowest BCUT2D eigenvalue weighted by molar-refractivity contribution is -0.0501. The fraction of sp³-hybridized carbons (Fsp3) is 0.179. The van der Waals surface area contributed by atoms with Crippen LogP contribution in [0, 0.1) is 11.6 Å². The Morgan fingerprint density at radius 3 is 1.75 bits per heavy atom. The van der Waals surface area contributed by atoms with E-state index in [0.717, 1.165) is 17.3 Å². The number of carbonyl (C=O) groups excluding carboxylic acids is 2. The summed E-state index contributed by atoms with van der Waals surface area (Å²) in [5.74, 6) is -1.52. The van der Waals surface area contributed by atoms with Crippen molar-refractivity contribution >= 4 is 69.3 Å². The molecule has 4 heterocycles. The van der Waals surface area contributed by atoms with Crippen LogP contribution in [-0.4, -0.2) is 86.4 Å². The Kier molecular flexibility index (Phi) is 14.6. The predicted octanol–water partition coefficient (Wildman–Crippen LogP) is 6.85. The predicted molar refractivity (Wildman–Crippen MR) is 224 cm³/mol. The maximum absolute atomic E-state index is 13.5. The van der Waals surface area contributed by atoms with Crippen molar-refractivity contribution in [1.29, 1.82) is 0 Å². The summed E-state index contributed by atoms with van der Waals surface area (Å²) in [4.78, 5) is 28.0. The summed E-state index contributed by atoms with van der Waals surface area (Å²) < 4.78 is 89.8. The molecular formula is C39H34BCl2F5N8O7S. The molecule has 4 amide bonds. The first-order valence-electron chi connectivity index (χ1n) is 18.5. The maximum atomic E-state index is 13.5. The number of nitrogens with one attached hydrogen (secondary N) is 4. The second kappa shape index (κ2) is 19.9. The molecule has 2 aliphatic heterocycles. The van der Waals surface area contributed by atoms with Crippen LogP contribution in [0.3, 0.4) is 0 Å².